The lowest BCUT2D eigenvalue weighted by molar-refractivity contribution is -0.112. The third-order valence-electron chi connectivity index (χ3n) is 0.552. The number of nitrogens with one attached hydrogen (secondary N) is 1. The molecule has 1 N–H and O–H groups in total. The highest BCUT2D eigenvalue weighted by atomic mass is 32.2. The molecule has 1 heterocycles. The van der Waals surface area contributed by atoms with Crippen molar-refractivity contribution in [3.05, 3.63) is 12.4 Å². The van der Waals surface area contributed by atoms with Gasteiger partial charge in [0.2, 0.25) is 6.41 Å². The Labute approximate surface area is 45.6 Å². The van der Waals surface area contributed by atoms with Crippen LogP contribution in [0.5, 0.6) is 0 Å². The fraction of sp³-hybridized carbons (Fsp3) is 0. The van der Waals surface area contributed by atoms with Gasteiger partial charge in [-0.25, -0.2) is 4.31 Å². The minimum atomic E-state index is 0.737. The molecule has 0 aliphatic carbocycles. The molecular weight excluding hydrogens is 112 g/mol. The van der Waals surface area contributed by atoms with E-state index in [1.165, 1.54) is 16.4 Å². The van der Waals surface area contributed by atoms with Crippen LogP contribution in [0.25, 0.3) is 0 Å². The fourth-order valence-electron chi connectivity index (χ4n) is 0.282. The maximum Gasteiger partial charge on any atom is 0.225 e. The van der Waals surface area contributed by atoms with Gasteiger partial charge in [0.1, 0.15) is 0 Å². The summed E-state index contributed by atoms with van der Waals surface area (Å²) < 4.78 is 4.18. The zero-order valence-corrected chi connectivity index (χ0v) is 4.31. The van der Waals surface area contributed by atoms with Gasteiger partial charge in [0.25, 0.3) is 0 Å². The minimum absolute atomic E-state index is 0.737. The first kappa shape index (κ1) is 4.52. The van der Waals surface area contributed by atoms with E-state index in [2.05, 4.69) is 4.72 Å². The van der Waals surface area contributed by atoms with Crippen LogP contribution in [0, 0.1) is 0 Å². The van der Waals surface area contributed by atoms with Crippen molar-refractivity contribution in [1.82, 2.24) is 9.03 Å². The highest BCUT2D eigenvalue weighted by Crippen LogP contribution is 2.07. The fourth-order valence-corrected chi connectivity index (χ4v) is 0.690. The van der Waals surface area contributed by atoms with Crippen molar-refractivity contribution in [2.45, 2.75) is 0 Å². The molecule has 4 heteroatoms. The number of hydrogen-bond donors (Lipinski definition) is 1. The number of rotatable bonds is 1. The van der Waals surface area contributed by atoms with E-state index < -0.39 is 0 Å². The molecule has 0 unspecified atom stereocenters. The maximum absolute atomic E-state index is 9.82. The molecule has 0 aromatic heterocycles. The van der Waals surface area contributed by atoms with Crippen LogP contribution in [0.15, 0.2) is 12.4 Å². The first-order chi connectivity index (χ1) is 3.43. The van der Waals surface area contributed by atoms with Gasteiger partial charge in [-0.05, 0) is 0 Å². The Hall–Kier alpha value is -0.640. The molecule has 0 aromatic rings. The molecule has 1 rings (SSSR count). The Balaban J connectivity index is 2.42. The molecule has 1 aliphatic heterocycles. The van der Waals surface area contributed by atoms with E-state index in [1.807, 2.05) is 0 Å². The monoisotopic (exact) mass is 116 g/mol. The molecule has 3 nitrogen and oxygen atoms in total. The predicted molar refractivity (Wildman–Crippen MR) is 27.8 cm³/mol. The zero-order chi connectivity index (χ0) is 5.11. The van der Waals surface area contributed by atoms with E-state index in [0.717, 1.165) is 6.41 Å². The summed E-state index contributed by atoms with van der Waals surface area (Å²) in [6.07, 6.45) is 4.08. The van der Waals surface area contributed by atoms with Gasteiger partial charge in [0.05, 0.1) is 12.1 Å². The van der Waals surface area contributed by atoms with Crippen LogP contribution in [0.2, 0.25) is 0 Å². The van der Waals surface area contributed by atoms with Gasteiger partial charge >= 0.3 is 0 Å². The van der Waals surface area contributed by atoms with Crippen molar-refractivity contribution in [3.63, 3.8) is 0 Å². The standard InChI is InChI=1S/C3H4N2OS/c6-3-5-2-1-4-7-5/h1-4H. The second-order valence-corrected chi connectivity index (χ2v) is 1.83. The van der Waals surface area contributed by atoms with Gasteiger partial charge in [-0.3, -0.25) is 4.79 Å². The Bertz CT molecular complexity index is 103. The van der Waals surface area contributed by atoms with Gasteiger partial charge in [-0.15, -0.1) is 0 Å². The topological polar surface area (TPSA) is 32.3 Å². The van der Waals surface area contributed by atoms with Crippen molar-refractivity contribution in [1.29, 1.82) is 0 Å². The molecule has 0 saturated carbocycles. The summed E-state index contributed by atoms with van der Waals surface area (Å²) >= 11 is 1.25. The van der Waals surface area contributed by atoms with Gasteiger partial charge in [0.15, 0.2) is 0 Å². The second kappa shape index (κ2) is 1.88. The van der Waals surface area contributed by atoms with Gasteiger partial charge in [0, 0.05) is 12.4 Å². The lowest BCUT2D eigenvalue weighted by Gasteiger charge is -1.97. The van der Waals surface area contributed by atoms with Crippen LogP contribution in [0.1, 0.15) is 0 Å². The Kier molecular flexibility index (Phi) is 1.21. The smallest absolute Gasteiger partial charge is 0.225 e. The van der Waals surface area contributed by atoms with E-state index in [0.29, 0.717) is 0 Å². The Morgan fingerprint density at radius 2 is 2.71 bits per heavy atom. The molecule has 0 spiro atoms. The van der Waals surface area contributed by atoms with E-state index in [-0.39, 0.29) is 0 Å². The summed E-state index contributed by atoms with van der Waals surface area (Å²) in [6.45, 7) is 0. The van der Waals surface area contributed by atoms with Crippen molar-refractivity contribution >= 4 is 18.5 Å². The van der Waals surface area contributed by atoms with Crippen LogP contribution in [-0.4, -0.2) is 10.7 Å². The Morgan fingerprint density at radius 1 is 1.86 bits per heavy atom. The third-order valence-corrected chi connectivity index (χ3v) is 1.21. The quantitative estimate of drug-likeness (QED) is 0.389. The number of carbonyl (C=O) groups excluding carboxylic acids is 1. The highest BCUT2D eigenvalue weighted by molar-refractivity contribution is 7.95. The normalized spacial score (nSPS) is 16.9. The largest absolute Gasteiger partial charge is 0.317 e. The van der Waals surface area contributed by atoms with Gasteiger partial charge in [-0.1, -0.05) is 0 Å². The molecule has 1 aliphatic rings. The Morgan fingerprint density at radius 3 is 3.00 bits per heavy atom. The molecule has 0 saturated heterocycles. The van der Waals surface area contributed by atoms with Crippen LogP contribution >= 0.6 is 12.1 Å². The third kappa shape index (κ3) is 0.866. The number of carbonyl (C=O) groups is 1. The van der Waals surface area contributed by atoms with Crippen molar-refractivity contribution in [2.24, 2.45) is 0 Å². The second-order valence-electron chi connectivity index (χ2n) is 0.990. The average Bonchev–Trinajstić information content (AvgIpc) is 2.14. The summed E-state index contributed by atoms with van der Waals surface area (Å²) in [4.78, 5) is 9.82. The van der Waals surface area contributed by atoms with Gasteiger partial charge in [-0.2, -0.15) is 0 Å². The van der Waals surface area contributed by atoms with Crippen LogP contribution < -0.4 is 4.72 Å². The first-order valence-corrected chi connectivity index (χ1v) is 2.53. The number of amides is 1. The van der Waals surface area contributed by atoms with Crippen LogP contribution in [-0.2, 0) is 4.79 Å². The van der Waals surface area contributed by atoms with Crippen molar-refractivity contribution < 1.29 is 4.79 Å². The molecule has 7 heavy (non-hydrogen) atoms. The van der Waals surface area contributed by atoms with E-state index in [4.69, 9.17) is 0 Å². The number of nitrogens with zero attached hydrogens (tertiary/aromatic N) is 1. The molecule has 0 radical (unpaired) electrons. The van der Waals surface area contributed by atoms with E-state index in [1.54, 1.807) is 12.4 Å². The highest BCUT2D eigenvalue weighted by Gasteiger charge is 1.99. The SMILES string of the molecule is O=CN1C=CNS1. The molecular formula is C3H4N2OS. The molecule has 0 bridgehead atoms. The summed E-state index contributed by atoms with van der Waals surface area (Å²) in [6, 6.07) is 0. The molecule has 0 atom stereocenters. The summed E-state index contributed by atoms with van der Waals surface area (Å²) in [5.41, 5.74) is 0. The molecule has 1 amide bonds. The number of hydrogen-bond acceptors (Lipinski definition) is 3. The van der Waals surface area contributed by atoms with Gasteiger partial charge < -0.3 is 4.72 Å². The minimum Gasteiger partial charge on any atom is -0.317 e. The summed E-state index contributed by atoms with van der Waals surface area (Å²) in [5, 5.41) is 0. The average molecular weight is 116 g/mol. The lowest BCUT2D eigenvalue weighted by atomic mass is 10.9. The lowest BCUT2D eigenvalue weighted by Crippen LogP contribution is -2.01. The maximum atomic E-state index is 9.82. The zero-order valence-electron chi connectivity index (χ0n) is 3.50. The summed E-state index contributed by atoms with van der Waals surface area (Å²) in [5.74, 6) is 0. The summed E-state index contributed by atoms with van der Waals surface area (Å²) in [7, 11) is 0. The van der Waals surface area contributed by atoms with Crippen molar-refractivity contribution in [2.75, 3.05) is 0 Å². The van der Waals surface area contributed by atoms with E-state index in [9.17, 15) is 4.79 Å². The van der Waals surface area contributed by atoms with Crippen LogP contribution in [0.4, 0.5) is 0 Å². The van der Waals surface area contributed by atoms with Crippen molar-refractivity contribution in [3.8, 4) is 0 Å². The predicted octanol–water partition coefficient (Wildman–Crippen LogP) is 0.0824. The molecule has 0 aromatic carbocycles. The first-order valence-electron chi connectivity index (χ1n) is 1.76. The molecule has 0 fully saturated rings. The molecule has 38 valence electrons. The van der Waals surface area contributed by atoms with E-state index >= 15 is 0 Å². The van der Waals surface area contributed by atoms with Crippen LogP contribution in [0.3, 0.4) is 0 Å².